The van der Waals surface area contributed by atoms with Gasteiger partial charge in [0.05, 0.1) is 12.2 Å². The number of hydrogen-bond acceptors (Lipinski definition) is 4. The monoisotopic (exact) mass is 356 g/mol. The van der Waals surface area contributed by atoms with Gasteiger partial charge >= 0.3 is 5.97 Å². The van der Waals surface area contributed by atoms with Gasteiger partial charge in [0.1, 0.15) is 11.9 Å². The molecule has 1 unspecified atom stereocenters. The van der Waals surface area contributed by atoms with E-state index in [1.54, 1.807) is 31.2 Å². The summed E-state index contributed by atoms with van der Waals surface area (Å²) < 4.78 is 5.17. The Bertz CT molecular complexity index is 724. The minimum atomic E-state index is -1.09. The zero-order valence-electron chi connectivity index (χ0n) is 15.6. The van der Waals surface area contributed by atoms with Gasteiger partial charge in [0.25, 0.3) is 0 Å². The number of esters is 1. The average Bonchev–Trinajstić information content (AvgIpc) is 2.65. The third kappa shape index (κ3) is 4.85. The van der Waals surface area contributed by atoms with E-state index in [4.69, 9.17) is 4.74 Å². The Morgan fingerprint density at radius 2 is 1.81 bits per heavy atom. The maximum Gasteiger partial charge on any atom is 0.338 e. The number of aryl methyl sites for hydroxylation is 1. The molecule has 0 bridgehead atoms. The molecule has 2 rings (SSSR count). The predicted molar refractivity (Wildman–Crippen MR) is 102 cm³/mol. The Morgan fingerprint density at radius 3 is 2.50 bits per heavy atom. The normalized spacial score (nSPS) is 12.0. The first-order valence-electron chi connectivity index (χ1n) is 9.35. The summed E-state index contributed by atoms with van der Waals surface area (Å²) in [6.07, 6.45) is 4.09. The van der Waals surface area contributed by atoms with E-state index in [1.807, 2.05) is 12.1 Å². The maximum absolute atomic E-state index is 12.4. The highest BCUT2D eigenvalue weighted by Gasteiger charge is 2.24. The van der Waals surface area contributed by atoms with Crippen LogP contribution in [0.1, 0.15) is 72.7 Å². The van der Waals surface area contributed by atoms with Gasteiger partial charge in [-0.2, -0.15) is 0 Å². The van der Waals surface area contributed by atoms with Gasteiger partial charge in [-0.1, -0.05) is 56.5 Å². The number of aliphatic hydroxyl groups excluding tert-OH is 1. The number of aliphatic hydroxyl groups is 1. The van der Waals surface area contributed by atoms with Crippen molar-refractivity contribution in [3.05, 3.63) is 64.7 Å². The molecule has 0 aliphatic carbocycles. The van der Waals surface area contributed by atoms with Crippen LogP contribution in [0.2, 0.25) is 0 Å². The van der Waals surface area contributed by atoms with Crippen molar-refractivity contribution >= 4 is 5.97 Å². The SMILES string of the molecule is CCCCCCc1cccc(C(=O)OCC)c1C(O)c1ccccc1O. The van der Waals surface area contributed by atoms with Gasteiger partial charge in [0.2, 0.25) is 0 Å². The molecule has 0 radical (unpaired) electrons. The summed E-state index contributed by atoms with van der Waals surface area (Å²) in [7, 11) is 0. The Labute approximate surface area is 155 Å². The Morgan fingerprint density at radius 1 is 1.04 bits per heavy atom. The van der Waals surface area contributed by atoms with Crippen LogP contribution in [0.3, 0.4) is 0 Å². The van der Waals surface area contributed by atoms with Crippen LogP contribution in [-0.4, -0.2) is 22.8 Å². The molecule has 2 aromatic carbocycles. The van der Waals surface area contributed by atoms with Crippen LogP contribution in [0.25, 0.3) is 0 Å². The highest BCUT2D eigenvalue weighted by atomic mass is 16.5. The third-order valence-corrected chi connectivity index (χ3v) is 4.50. The van der Waals surface area contributed by atoms with E-state index in [0.717, 1.165) is 37.7 Å². The van der Waals surface area contributed by atoms with E-state index in [9.17, 15) is 15.0 Å². The number of carbonyl (C=O) groups is 1. The van der Waals surface area contributed by atoms with Crippen molar-refractivity contribution in [2.75, 3.05) is 6.61 Å². The number of para-hydroxylation sites is 1. The molecule has 0 amide bonds. The van der Waals surface area contributed by atoms with Crippen molar-refractivity contribution in [1.82, 2.24) is 0 Å². The lowest BCUT2D eigenvalue weighted by atomic mass is 9.89. The van der Waals surface area contributed by atoms with E-state index in [-0.39, 0.29) is 12.4 Å². The molecule has 0 heterocycles. The van der Waals surface area contributed by atoms with Crippen LogP contribution in [0.5, 0.6) is 5.75 Å². The molecule has 1 atom stereocenters. The van der Waals surface area contributed by atoms with E-state index in [1.165, 1.54) is 6.07 Å². The standard InChI is InChI=1S/C22H28O4/c1-3-5-6-7-11-16-12-10-14-18(22(25)26-4-2)20(16)21(24)17-13-8-9-15-19(17)23/h8-10,12-15,21,23-24H,3-7,11H2,1-2H3. The van der Waals surface area contributed by atoms with Gasteiger partial charge in [0, 0.05) is 11.1 Å². The summed E-state index contributed by atoms with van der Waals surface area (Å²) in [5.74, 6) is -0.442. The molecular formula is C22H28O4. The lowest BCUT2D eigenvalue weighted by molar-refractivity contribution is 0.0520. The second kappa shape index (κ2) is 9.97. The van der Waals surface area contributed by atoms with Gasteiger partial charge in [-0.15, -0.1) is 0 Å². The zero-order chi connectivity index (χ0) is 18.9. The van der Waals surface area contributed by atoms with E-state index in [2.05, 4.69) is 6.92 Å². The van der Waals surface area contributed by atoms with E-state index < -0.39 is 12.1 Å². The van der Waals surface area contributed by atoms with Crippen molar-refractivity contribution in [2.24, 2.45) is 0 Å². The highest BCUT2D eigenvalue weighted by molar-refractivity contribution is 5.92. The molecular weight excluding hydrogens is 328 g/mol. The molecule has 0 aliphatic rings. The molecule has 0 saturated carbocycles. The van der Waals surface area contributed by atoms with Crippen LogP contribution in [0.15, 0.2) is 42.5 Å². The number of rotatable bonds is 9. The first-order valence-corrected chi connectivity index (χ1v) is 9.35. The second-order valence-corrected chi connectivity index (χ2v) is 6.37. The molecule has 0 aliphatic heterocycles. The summed E-state index contributed by atoms with van der Waals surface area (Å²) in [4.78, 5) is 12.4. The molecule has 4 nitrogen and oxygen atoms in total. The van der Waals surface area contributed by atoms with Crippen molar-refractivity contribution in [3.63, 3.8) is 0 Å². The minimum Gasteiger partial charge on any atom is -0.508 e. The number of benzene rings is 2. The van der Waals surface area contributed by atoms with Crippen LogP contribution >= 0.6 is 0 Å². The molecule has 26 heavy (non-hydrogen) atoms. The molecule has 0 aromatic heterocycles. The van der Waals surface area contributed by atoms with Gasteiger partial charge < -0.3 is 14.9 Å². The van der Waals surface area contributed by atoms with Crippen molar-refractivity contribution in [2.45, 2.75) is 52.1 Å². The number of hydrogen-bond donors (Lipinski definition) is 2. The number of unbranched alkanes of at least 4 members (excludes halogenated alkanes) is 3. The van der Waals surface area contributed by atoms with Crippen LogP contribution in [0, 0.1) is 0 Å². The molecule has 2 N–H and O–H groups in total. The van der Waals surface area contributed by atoms with Crippen molar-refractivity contribution in [1.29, 1.82) is 0 Å². The van der Waals surface area contributed by atoms with Gasteiger partial charge in [-0.05, 0) is 37.5 Å². The fraction of sp³-hybridized carbons (Fsp3) is 0.409. The van der Waals surface area contributed by atoms with Gasteiger partial charge in [0.15, 0.2) is 0 Å². The Balaban J connectivity index is 2.44. The highest BCUT2D eigenvalue weighted by Crippen LogP contribution is 2.34. The minimum absolute atomic E-state index is 0.00981. The molecule has 0 fully saturated rings. The molecule has 0 saturated heterocycles. The number of aromatic hydroxyl groups is 1. The summed E-state index contributed by atoms with van der Waals surface area (Å²) in [6, 6.07) is 12.1. The maximum atomic E-state index is 12.4. The van der Waals surface area contributed by atoms with Crippen molar-refractivity contribution < 1.29 is 19.7 Å². The number of phenols is 1. The summed E-state index contributed by atoms with van der Waals surface area (Å²) in [5, 5.41) is 21.1. The van der Waals surface area contributed by atoms with Crippen LogP contribution < -0.4 is 0 Å². The summed E-state index contributed by atoms with van der Waals surface area (Å²) >= 11 is 0. The smallest absolute Gasteiger partial charge is 0.338 e. The lowest BCUT2D eigenvalue weighted by Crippen LogP contribution is -2.14. The van der Waals surface area contributed by atoms with Gasteiger partial charge in [-0.25, -0.2) is 4.79 Å². The Kier molecular flexibility index (Phi) is 7.67. The lowest BCUT2D eigenvalue weighted by Gasteiger charge is -2.20. The fourth-order valence-corrected chi connectivity index (χ4v) is 3.16. The third-order valence-electron chi connectivity index (χ3n) is 4.50. The zero-order valence-corrected chi connectivity index (χ0v) is 15.6. The second-order valence-electron chi connectivity index (χ2n) is 6.37. The number of ether oxygens (including phenoxy) is 1. The molecule has 2 aromatic rings. The fourth-order valence-electron chi connectivity index (χ4n) is 3.16. The number of phenolic OH excluding ortho intramolecular Hbond substituents is 1. The van der Waals surface area contributed by atoms with Gasteiger partial charge in [-0.3, -0.25) is 0 Å². The largest absolute Gasteiger partial charge is 0.508 e. The topological polar surface area (TPSA) is 66.8 Å². The predicted octanol–water partition coefficient (Wildman–Crippen LogP) is 4.77. The number of carbonyl (C=O) groups excluding carboxylic acids is 1. The first kappa shape index (κ1) is 20.0. The average molecular weight is 356 g/mol. The van der Waals surface area contributed by atoms with E-state index >= 15 is 0 Å². The Hall–Kier alpha value is -2.33. The summed E-state index contributed by atoms with van der Waals surface area (Å²) in [6.45, 7) is 4.19. The molecule has 0 spiro atoms. The quantitative estimate of drug-likeness (QED) is 0.501. The van der Waals surface area contributed by atoms with E-state index in [0.29, 0.717) is 16.7 Å². The van der Waals surface area contributed by atoms with Crippen LogP contribution in [-0.2, 0) is 11.2 Å². The van der Waals surface area contributed by atoms with Crippen molar-refractivity contribution in [3.8, 4) is 5.75 Å². The van der Waals surface area contributed by atoms with Crippen LogP contribution in [0.4, 0.5) is 0 Å². The molecule has 140 valence electrons. The summed E-state index contributed by atoms with van der Waals surface area (Å²) in [5.41, 5.74) is 2.20. The molecule has 4 heteroatoms. The first-order chi connectivity index (χ1) is 12.6.